The average molecular weight is 293 g/mol. The van der Waals surface area contributed by atoms with Crippen molar-refractivity contribution >= 4 is 25.8 Å². The first-order valence-electron chi connectivity index (χ1n) is 4.62. The topological polar surface area (TPSA) is 43.4 Å². The first-order valence-corrected chi connectivity index (χ1v) is 7.24. The Labute approximate surface area is 98.5 Å². The molecule has 0 aliphatic rings. The van der Waals surface area contributed by atoms with Gasteiger partial charge < -0.3 is 4.74 Å². The summed E-state index contributed by atoms with van der Waals surface area (Å²) in [6.45, 7) is 1.83. The van der Waals surface area contributed by atoms with Gasteiger partial charge in [-0.2, -0.15) is 0 Å². The third kappa shape index (κ3) is 4.66. The van der Waals surface area contributed by atoms with Gasteiger partial charge in [-0.1, -0.05) is 28.9 Å². The van der Waals surface area contributed by atoms with Crippen molar-refractivity contribution in [2.75, 3.05) is 18.1 Å². The fourth-order valence-electron chi connectivity index (χ4n) is 0.988. The standard InChI is InChI=1S/C10H13BrO3S/c1-2-15(12,13)7-6-14-10-5-3-4-9(11)8-10/h3-5,8H,2,6-7H2,1H3. The Morgan fingerprint density at radius 3 is 2.73 bits per heavy atom. The summed E-state index contributed by atoms with van der Waals surface area (Å²) >= 11 is 3.31. The van der Waals surface area contributed by atoms with Crippen LogP contribution < -0.4 is 4.74 Å². The monoisotopic (exact) mass is 292 g/mol. The van der Waals surface area contributed by atoms with E-state index in [2.05, 4.69) is 15.9 Å². The second-order valence-electron chi connectivity index (χ2n) is 3.04. The van der Waals surface area contributed by atoms with Crippen LogP contribution in [0.3, 0.4) is 0 Å². The third-order valence-corrected chi connectivity index (χ3v) is 4.06. The molecule has 0 atom stereocenters. The van der Waals surface area contributed by atoms with Gasteiger partial charge >= 0.3 is 0 Å². The van der Waals surface area contributed by atoms with Gasteiger partial charge in [0.1, 0.15) is 12.4 Å². The molecule has 0 fully saturated rings. The van der Waals surface area contributed by atoms with E-state index in [4.69, 9.17) is 4.74 Å². The lowest BCUT2D eigenvalue weighted by Crippen LogP contribution is -2.15. The minimum absolute atomic E-state index is 0.0655. The summed E-state index contributed by atoms with van der Waals surface area (Å²) in [6.07, 6.45) is 0. The van der Waals surface area contributed by atoms with E-state index in [-0.39, 0.29) is 18.1 Å². The van der Waals surface area contributed by atoms with Crippen LogP contribution in [0.5, 0.6) is 5.75 Å². The SMILES string of the molecule is CCS(=O)(=O)CCOc1cccc(Br)c1. The van der Waals surface area contributed by atoms with Gasteiger partial charge in [-0.15, -0.1) is 0 Å². The molecular formula is C10H13BrO3S. The van der Waals surface area contributed by atoms with Crippen molar-refractivity contribution < 1.29 is 13.2 Å². The van der Waals surface area contributed by atoms with Gasteiger partial charge in [-0.3, -0.25) is 0 Å². The Bertz CT molecular complexity index is 414. The number of hydrogen-bond donors (Lipinski definition) is 0. The van der Waals surface area contributed by atoms with E-state index >= 15 is 0 Å². The maximum Gasteiger partial charge on any atom is 0.153 e. The Morgan fingerprint density at radius 2 is 2.13 bits per heavy atom. The predicted molar refractivity (Wildman–Crippen MR) is 64.0 cm³/mol. The lowest BCUT2D eigenvalue weighted by atomic mass is 10.3. The highest BCUT2D eigenvalue weighted by Crippen LogP contribution is 2.17. The van der Waals surface area contributed by atoms with Gasteiger partial charge in [0.05, 0.1) is 5.75 Å². The molecule has 0 bridgehead atoms. The van der Waals surface area contributed by atoms with Crippen LogP contribution >= 0.6 is 15.9 Å². The minimum atomic E-state index is -2.94. The lowest BCUT2D eigenvalue weighted by Gasteiger charge is -2.06. The fourth-order valence-corrected chi connectivity index (χ4v) is 1.99. The molecule has 1 rings (SSSR count). The summed E-state index contributed by atoms with van der Waals surface area (Å²) < 4.78 is 28.6. The zero-order chi connectivity index (χ0) is 11.3. The number of rotatable bonds is 5. The molecule has 0 radical (unpaired) electrons. The van der Waals surface area contributed by atoms with Gasteiger partial charge in [0.25, 0.3) is 0 Å². The van der Waals surface area contributed by atoms with Crippen LogP contribution in [0, 0.1) is 0 Å². The highest BCUT2D eigenvalue weighted by Gasteiger charge is 2.07. The number of benzene rings is 1. The van der Waals surface area contributed by atoms with Crippen LogP contribution in [0.25, 0.3) is 0 Å². The zero-order valence-electron chi connectivity index (χ0n) is 8.44. The van der Waals surface area contributed by atoms with Crippen molar-refractivity contribution in [3.63, 3.8) is 0 Å². The molecule has 5 heteroatoms. The second-order valence-corrected chi connectivity index (χ2v) is 6.43. The van der Waals surface area contributed by atoms with Gasteiger partial charge in [0.15, 0.2) is 9.84 Å². The van der Waals surface area contributed by atoms with Crippen LogP contribution in [0.4, 0.5) is 0 Å². The van der Waals surface area contributed by atoms with Crippen LogP contribution in [0.2, 0.25) is 0 Å². The summed E-state index contributed by atoms with van der Waals surface area (Å²) in [5.41, 5.74) is 0. The lowest BCUT2D eigenvalue weighted by molar-refractivity contribution is 0.340. The van der Waals surface area contributed by atoms with Crippen molar-refractivity contribution in [1.82, 2.24) is 0 Å². The van der Waals surface area contributed by atoms with Crippen LogP contribution in [0.15, 0.2) is 28.7 Å². The maximum absolute atomic E-state index is 11.2. The van der Waals surface area contributed by atoms with Crippen LogP contribution in [-0.2, 0) is 9.84 Å². The molecule has 0 saturated carbocycles. The number of hydrogen-bond acceptors (Lipinski definition) is 3. The summed E-state index contributed by atoms with van der Waals surface area (Å²) in [6, 6.07) is 7.32. The number of sulfone groups is 1. The normalized spacial score (nSPS) is 11.3. The van der Waals surface area contributed by atoms with Crippen LogP contribution in [-0.4, -0.2) is 26.5 Å². The molecular weight excluding hydrogens is 280 g/mol. The quantitative estimate of drug-likeness (QED) is 0.836. The molecule has 3 nitrogen and oxygen atoms in total. The molecule has 0 spiro atoms. The molecule has 1 aromatic carbocycles. The van der Waals surface area contributed by atoms with E-state index in [0.29, 0.717) is 5.75 Å². The molecule has 84 valence electrons. The molecule has 1 aromatic rings. The summed E-state index contributed by atoms with van der Waals surface area (Å²) in [5, 5.41) is 0. The Balaban J connectivity index is 2.45. The molecule has 15 heavy (non-hydrogen) atoms. The fraction of sp³-hybridized carbons (Fsp3) is 0.400. The second kappa shape index (κ2) is 5.51. The van der Waals surface area contributed by atoms with E-state index in [1.54, 1.807) is 19.1 Å². The Kier molecular flexibility index (Phi) is 4.60. The minimum Gasteiger partial charge on any atom is -0.492 e. The van der Waals surface area contributed by atoms with Gasteiger partial charge in [0, 0.05) is 10.2 Å². The predicted octanol–water partition coefficient (Wildman–Crippen LogP) is 2.26. The molecule has 0 aliphatic heterocycles. The first-order chi connectivity index (χ1) is 7.03. The summed E-state index contributed by atoms with van der Waals surface area (Å²) in [4.78, 5) is 0. The van der Waals surface area contributed by atoms with E-state index < -0.39 is 9.84 Å². The first kappa shape index (κ1) is 12.5. The third-order valence-electron chi connectivity index (χ3n) is 1.90. The Hall–Kier alpha value is -0.550. The van der Waals surface area contributed by atoms with E-state index in [9.17, 15) is 8.42 Å². The van der Waals surface area contributed by atoms with E-state index in [0.717, 1.165) is 4.47 Å². The molecule has 0 saturated heterocycles. The molecule has 0 N–H and O–H groups in total. The van der Waals surface area contributed by atoms with Crippen molar-refractivity contribution in [2.24, 2.45) is 0 Å². The number of halogens is 1. The average Bonchev–Trinajstić information content (AvgIpc) is 2.18. The van der Waals surface area contributed by atoms with E-state index in [1.165, 1.54) is 0 Å². The van der Waals surface area contributed by atoms with Gasteiger partial charge in [-0.05, 0) is 18.2 Å². The highest BCUT2D eigenvalue weighted by molar-refractivity contribution is 9.10. The Morgan fingerprint density at radius 1 is 1.40 bits per heavy atom. The van der Waals surface area contributed by atoms with Gasteiger partial charge in [-0.25, -0.2) is 8.42 Å². The van der Waals surface area contributed by atoms with E-state index in [1.807, 2.05) is 12.1 Å². The van der Waals surface area contributed by atoms with Crippen molar-refractivity contribution in [3.05, 3.63) is 28.7 Å². The van der Waals surface area contributed by atoms with Crippen molar-refractivity contribution in [2.45, 2.75) is 6.92 Å². The van der Waals surface area contributed by atoms with Crippen LogP contribution in [0.1, 0.15) is 6.92 Å². The molecule has 0 unspecified atom stereocenters. The van der Waals surface area contributed by atoms with Crippen molar-refractivity contribution in [1.29, 1.82) is 0 Å². The zero-order valence-corrected chi connectivity index (χ0v) is 10.8. The smallest absolute Gasteiger partial charge is 0.153 e. The summed E-state index contributed by atoms with van der Waals surface area (Å²) in [7, 11) is -2.94. The molecule has 0 aromatic heterocycles. The largest absolute Gasteiger partial charge is 0.492 e. The number of ether oxygens (including phenoxy) is 1. The molecule has 0 aliphatic carbocycles. The highest BCUT2D eigenvalue weighted by atomic mass is 79.9. The van der Waals surface area contributed by atoms with Crippen molar-refractivity contribution in [3.8, 4) is 5.75 Å². The molecule has 0 heterocycles. The molecule has 0 amide bonds. The van der Waals surface area contributed by atoms with Gasteiger partial charge in [0.2, 0.25) is 0 Å². The summed E-state index contributed by atoms with van der Waals surface area (Å²) in [5.74, 6) is 0.904. The maximum atomic E-state index is 11.2.